The third-order valence-electron chi connectivity index (χ3n) is 3.68. The highest BCUT2D eigenvalue weighted by Gasteiger charge is 2.20. The zero-order chi connectivity index (χ0) is 13.1. The molecular formula is C15H23NO2. The molecule has 1 N–H and O–H groups in total. The van der Waals surface area contributed by atoms with Crippen LogP contribution >= 0.6 is 0 Å². The first kappa shape index (κ1) is 13.2. The maximum Gasteiger partial charge on any atom is 0.142 e. The van der Waals surface area contributed by atoms with Crippen LogP contribution in [0.15, 0.2) is 18.2 Å². The van der Waals surface area contributed by atoms with Gasteiger partial charge in [-0.15, -0.1) is 0 Å². The number of ether oxygens (including phenoxy) is 1. The fraction of sp³-hybridized carbons (Fsp3) is 0.600. The molecule has 0 aromatic heterocycles. The Balaban J connectivity index is 2.22. The van der Waals surface area contributed by atoms with E-state index >= 15 is 0 Å². The molecule has 0 atom stereocenters. The van der Waals surface area contributed by atoms with Crippen molar-refractivity contribution in [1.82, 2.24) is 0 Å². The van der Waals surface area contributed by atoms with Gasteiger partial charge >= 0.3 is 0 Å². The molecule has 1 aromatic carbocycles. The highest BCUT2D eigenvalue weighted by Crippen LogP contribution is 2.33. The zero-order valence-corrected chi connectivity index (χ0v) is 11.5. The lowest BCUT2D eigenvalue weighted by Gasteiger charge is -2.32. The lowest BCUT2D eigenvalue weighted by molar-refractivity contribution is 0.145. The first-order chi connectivity index (χ1) is 8.61. The van der Waals surface area contributed by atoms with Gasteiger partial charge in [0.1, 0.15) is 5.75 Å². The number of benzene rings is 1. The van der Waals surface area contributed by atoms with Gasteiger partial charge in [-0.3, -0.25) is 0 Å². The summed E-state index contributed by atoms with van der Waals surface area (Å²) in [5.74, 6) is 1.45. The van der Waals surface area contributed by atoms with Crippen molar-refractivity contribution in [3.8, 4) is 5.75 Å². The van der Waals surface area contributed by atoms with Crippen LogP contribution in [-0.4, -0.2) is 31.4 Å². The van der Waals surface area contributed by atoms with Gasteiger partial charge in [0.05, 0.1) is 18.9 Å². The third-order valence-corrected chi connectivity index (χ3v) is 3.68. The van der Waals surface area contributed by atoms with Crippen LogP contribution in [0.25, 0.3) is 0 Å². The number of hydrogen-bond acceptors (Lipinski definition) is 3. The van der Waals surface area contributed by atoms with Gasteiger partial charge < -0.3 is 14.7 Å². The van der Waals surface area contributed by atoms with Crippen molar-refractivity contribution in [2.24, 2.45) is 0 Å². The van der Waals surface area contributed by atoms with Crippen LogP contribution < -0.4 is 9.64 Å². The van der Waals surface area contributed by atoms with Crippen molar-refractivity contribution in [3.63, 3.8) is 0 Å². The average Bonchev–Trinajstić information content (AvgIpc) is 2.39. The molecule has 0 unspecified atom stereocenters. The molecule has 0 spiro atoms. The van der Waals surface area contributed by atoms with E-state index in [1.807, 2.05) is 0 Å². The fourth-order valence-corrected chi connectivity index (χ4v) is 2.42. The summed E-state index contributed by atoms with van der Waals surface area (Å²) in [6, 6.07) is 6.45. The smallest absolute Gasteiger partial charge is 0.142 e. The molecule has 3 heteroatoms. The van der Waals surface area contributed by atoms with Gasteiger partial charge in [-0.2, -0.15) is 0 Å². The number of methoxy groups -OCH3 is 1. The Kier molecular flexibility index (Phi) is 4.12. The Morgan fingerprint density at radius 2 is 1.94 bits per heavy atom. The van der Waals surface area contributed by atoms with E-state index in [2.05, 4.69) is 36.9 Å². The molecule has 1 fully saturated rings. The van der Waals surface area contributed by atoms with Crippen molar-refractivity contribution < 1.29 is 9.84 Å². The molecule has 3 nitrogen and oxygen atoms in total. The molecule has 1 aromatic rings. The molecule has 1 heterocycles. The van der Waals surface area contributed by atoms with Gasteiger partial charge in [0.25, 0.3) is 0 Å². The van der Waals surface area contributed by atoms with Gasteiger partial charge in [-0.05, 0) is 36.5 Å². The second kappa shape index (κ2) is 5.61. The number of aliphatic hydroxyl groups is 1. The van der Waals surface area contributed by atoms with Crippen LogP contribution in [0.5, 0.6) is 5.75 Å². The minimum absolute atomic E-state index is 0.137. The van der Waals surface area contributed by atoms with Gasteiger partial charge in [0.2, 0.25) is 0 Å². The first-order valence-corrected chi connectivity index (χ1v) is 6.72. The van der Waals surface area contributed by atoms with Crippen molar-refractivity contribution >= 4 is 5.69 Å². The summed E-state index contributed by atoms with van der Waals surface area (Å²) < 4.78 is 5.51. The highest BCUT2D eigenvalue weighted by atomic mass is 16.5. The Morgan fingerprint density at radius 1 is 1.28 bits per heavy atom. The molecule has 0 amide bonds. The van der Waals surface area contributed by atoms with E-state index in [4.69, 9.17) is 4.74 Å². The van der Waals surface area contributed by atoms with Crippen LogP contribution in [-0.2, 0) is 0 Å². The van der Waals surface area contributed by atoms with Gasteiger partial charge in [0.15, 0.2) is 0 Å². The van der Waals surface area contributed by atoms with Crippen LogP contribution in [0.1, 0.15) is 38.2 Å². The number of hydrogen-bond donors (Lipinski definition) is 1. The van der Waals surface area contributed by atoms with Crippen LogP contribution in [0.3, 0.4) is 0 Å². The zero-order valence-electron chi connectivity index (χ0n) is 11.5. The van der Waals surface area contributed by atoms with E-state index in [0.29, 0.717) is 5.92 Å². The maximum atomic E-state index is 9.56. The molecule has 0 aliphatic carbocycles. The summed E-state index contributed by atoms with van der Waals surface area (Å²) in [5.41, 5.74) is 2.45. The minimum atomic E-state index is -0.137. The Hall–Kier alpha value is -1.22. The van der Waals surface area contributed by atoms with Crippen molar-refractivity contribution in [2.75, 3.05) is 25.1 Å². The molecule has 100 valence electrons. The number of rotatable bonds is 3. The summed E-state index contributed by atoms with van der Waals surface area (Å²) in [6.45, 7) is 6.18. The third kappa shape index (κ3) is 2.78. The van der Waals surface area contributed by atoms with E-state index in [1.54, 1.807) is 7.11 Å². The molecule has 2 rings (SSSR count). The minimum Gasteiger partial charge on any atom is -0.495 e. The van der Waals surface area contributed by atoms with E-state index in [0.717, 1.165) is 37.4 Å². The quantitative estimate of drug-likeness (QED) is 0.894. The number of piperidine rings is 1. The molecule has 0 saturated carbocycles. The number of anilines is 1. The molecular weight excluding hydrogens is 226 g/mol. The van der Waals surface area contributed by atoms with Gasteiger partial charge in [-0.1, -0.05) is 19.9 Å². The van der Waals surface area contributed by atoms with E-state index in [1.165, 1.54) is 5.56 Å². The molecule has 1 saturated heterocycles. The van der Waals surface area contributed by atoms with Crippen molar-refractivity contribution in [2.45, 2.75) is 38.7 Å². The summed E-state index contributed by atoms with van der Waals surface area (Å²) in [7, 11) is 1.72. The highest BCUT2D eigenvalue weighted by molar-refractivity contribution is 5.60. The largest absolute Gasteiger partial charge is 0.495 e. The fourth-order valence-electron chi connectivity index (χ4n) is 2.42. The monoisotopic (exact) mass is 249 g/mol. The topological polar surface area (TPSA) is 32.7 Å². The SMILES string of the molecule is COc1cc(C(C)C)ccc1N1CCC(O)CC1. The molecule has 0 radical (unpaired) electrons. The summed E-state index contributed by atoms with van der Waals surface area (Å²) in [6.07, 6.45) is 1.55. The standard InChI is InChI=1S/C15H23NO2/c1-11(2)12-4-5-14(15(10-12)18-3)16-8-6-13(17)7-9-16/h4-5,10-11,13,17H,6-9H2,1-3H3. The van der Waals surface area contributed by atoms with E-state index in [-0.39, 0.29) is 6.10 Å². The Morgan fingerprint density at radius 3 is 2.50 bits per heavy atom. The predicted octanol–water partition coefficient (Wildman–Crippen LogP) is 2.78. The van der Waals surface area contributed by atoms with Crippen LogP contribution in [0.2, 0.25) is 0 Å². The van der Waals surface area contributed by atoms with Crippen molar-refractivity contribution in [3.05, 3.63) is 23.8 Å². The number of aliphatic hydroxyl groups excluding tert-OH is 1. The van der Waals surface area contributed by atoms with Gasteiger partial charge in [0, 0.05) is 13.1 Å². The summed E-state index contributed by atoms with van der Waals surface area (Å²) in [4.78, 5) is 2.30. The molecule has 0 bridgehead atoms. The number of nitrogens with zero attached hydrogens (tertiary/aromatic N) is 1. The lowest BCUT2D eigenvalue weighted by atomic mass is 10.0. The van der Waals surface area contributed by atoms with Crippen molar-refractivity contribution in [1.29, 1.82) is 0 Å². The van der Waals surface area contributed by atoms with E-state index in [9.17, 15) is 5.11 Å². The Bertz CT molecular complexity index is 395. The van der Waals surface area contributed by atoms with Crippen LogP contribution in [0.4, 0.5) is 5.69 Å². The lowest BCUT2D eigenvalue weighted by Crippen LogP contribution is -2.36. The van der Waals surface area contributed by atoms with Gasteiger partial charge in [-0.25, -0.2) is 0 Å². The molecule has 1 aliphatic heterocycles. The molecule has 18 heavy (non-hydrogen) atoms. The summed E-state index contributed by atoms with van der Waals surface area (Å²) in [5, 5.41) is 9.56. The maximum absolute atomic E-state index is 9.56. The van der Waals surface area contributed by atoms with E-state index < -0.39 is 0 Å². The van der Waals surface area contributed by atoms with Crippen LogP contribution in [0, 0.1) is 0 Å². The predicted molar refractivity (Wildman–Crippen MR) is 74.5 cm³/mol. The average molecular weight is 249 g/mol. The molecule has 1 aliphatic rings. The second-order valence-corrected chi connectivity index (χ2v) is 5.30. The second-order valence-electron chi connectivity index (χ2n) is 5.30. The normalized spacial score (nSPS) is 17.3. The summed E-state index contributed by atoms with van der Waals surface area (Å²) >= 11 is 0. The first-order valence-electron chi connectivity index (χ1n) is 6.72. The Labute approximate surface area is 109 Å².